The van der Waals surface area contributed by atoms with E-state index < -0.39 is 6.16 Å². The molecule has 0 aromatic carbocycles. The fourth-order valence-corrected chi connectivity index (χ4v) is 4.04. The van der Waals surface area contributed by atoms with E-state index in [9.17, 15) is 9.59 Å². The number of nitrogens with zero attached hydrogens (tertiary/aromatic N) is 1. The van der Waals surface area contributed by atoms with Gasteiger partial charge in [0.2, 0.25) is 0 Å². The molecule has 8 heteroatoms. The molecule has 0 aliphatic rings. The van der Waals surface area contributed by atoms with Gasteiger partial charge in [-0.05, 0) is 64.5 Å². The third-order valence-electron chi connectivity index (χ3n) is 6.78. The van der Waals surface area contributed by atoms with Crippen molar-refractivity contribution in [1.82, 2.24) is 4.90 Å². The Labute approximate surface area is 257 Å². The molecule has 0 N–H and O–H groups in total. The lowest BCUT2D eigenvalue weighted by Crippen LogP contribution is -2.25. The van der Waals surface area contributed by atoms with Gasteiger partial charge in [0.05, 0.1) is 26.4 Å². The SMILES string of the molecule is CCCC/C=C\CCOC(CCCCC(=O)OCC(C)COC(=O)OCCCN(CC)CC)OCC/C=C\CCCC. The van der Waals surface area contributed by atoms with Gasteiger partial charge in [-0.25, -0.2) is 4.79 Å². The summed E-state index contributed by atoms with van der Waals surface area (Å²) in [7, 11) is 0. The molecule has 0 heterocycles. The van der Waals surface area contributed by atoms with E-state index in [-0.39, 0.29) is 31.4 Å². The van der Waals surface area contributed by atoms with Crippen molar-refractivity contribution in [2.75, 3.05) is 52.7 Å². The van der Waals surface area contributed by atoms with Gasteiger partial charge in [0.15, 0.2) is 6.29 Å². The average molecular weight is 598 g/mol. The predicted octanol–water partition coefficient (Wildman–Crippen LogP) is 8.24. The summed E-state index contributed by atoms with van der Waals surface area (Å²) in [5, 5.41) is 0. The van der Waals surface area contributed by atoms with Crippen LogP contribution in [0.1, 0.15) is 118 Å². The van der Waals surface area contributed by atoms with Crippen LogP contribution in [-0.2, 0) is 28.5 Å². The molecule has 0 bridgehead atoms. The van der Waals surface area contributed by atoms with Crippen molar-refractivity contribution in [2.45, 2.75) is 124 Å². The number of hydrogen-bond acceptors (Lipinski definition) is 8. The van der Waals surface area contributed by atoms with Gasteiger partial charge in [-0.1, -0.05) is 84.6 Å². The van der Waals surface area contributed by atoms with Crippen LogP contribution in [0.4, 0.5) is 4.79 Å². The molecule has 0 aromatic rings. The van der Waals surface area contributed by atoms with E-state index in [1.807, 2.05) is 6.92 Å². The highest BCUT2D eigenvalue weighted by atomic mass is 16.7. The fraction of sp³-hybridized carbons (Fsp3) is 0.824. The molecular weight excluding hydrogens is 534 g/mol. The molecular formula is C34H63NO7. The van der Waals surface area contributed by atoms with Crippen LogP contribution in [-0.4, -0.2) is 76.0 Å². The highest BCUT2D eigenvalue weighted by molar-refractivity contribution is 5.69. The first-order valence-corrected chi connectivity index (χ1v) is 16.7. The van der Waals surface area contributed by atoms with Crippen molar-refractivity contribution in [2.24, 2.45) is 5.92 Å². The molecule has 0 aliphatic heterocycles. The standard InChI is InChI=1S/C34H63NO7/c1-6-10-12-14-16-20-26-38-33(39-27-21-17-15-13-11-7-2)24-19-18-23-32(36)41-29-31(5)30-42-34(37)40-28-22-25-35(8-3)9-4/h14-17,31,33H,6-13,18-30H2,1-5H3/b16-14-,17-15-. The van der Waals surface area contributed by atoms with E-state index in [1.54, 1.807) is 0 Å². The minimum Gasteiger partial charge on any atom is -0.465 e. The van der Waals surface area contributed by atoms with Gasteiger partial charge < -0.3 is 28.6 Å². The Morgan fingerprint density at radius 2 is 1.24 bits per heavy atom. The van der Waals surface area contributed by atoms with E-state index >= 15 is 0 Å². The monoisotopic (exact) mass is 597 g/mol. The van der Waals surface area contributed by atoms with Crippen molar-refractivity contribution in [1.29, 1.82) is 0 Å². The summed E-state index contributed by atoms with van der Waals surface area (Å²) in [5.41, 5.74) is 0. The smallest absolute Gasteiger partial charge is 0.465 e. The summed E-state index contributed by atoms with van der Waals surface area (Å²) >= 11 is 0. The maximum atomic E-state index is 12.2. The van der Waals surface area contributed by atoms with Crippen LogP contribution in [0.15, 0.2) is 24.3 Å². The minimum absolute atomic E-state index is 0.101. The Kier molecular flexibility index (Phi) is 29.2. The molecule has 8 nitrogen and oxygen atoms in total. The zero-order chi connectivity index (χ0) is 31.1. The van der Waals surface area contributed by atoms with Crippen LogP contribution >= 0.6 is 0 Å². The first kappa shape index (κ1) is 40.1. The third-order valence-corrected chi connectivity index (χ3v) is 6.78. The zero-order valence-electron chi connectivity index (χ0n) is 27.6. The third kappa shape index (κ3) is 27.0. The molecule has 42 heavy (non-hydrogen) atoms. The second kappa shape index (κ2) is 30.6. The topological polar surface area (TPSA) is 83.5 Å². The van der Waals surface area contributed by atoms with Crippen LogP contribution in [0, 0.1) is 5.92 Å². The normalized spacial score (nSPS) is 12.5. The Hall–Kier alpha value is -1.90. The van der Waals surface area contributed by atoms with Gasteiger partial charge in [-0.2, -0.15) is 0 Å². The number of carbonyl (C=O) groups is 2. The molecule has 1 unspecified atom stereocenters. The zero-order valence-corrected chi connectivity index (χ0v) is 27.6. The van der Waals surface area contributed by atoms with Crippen molar-refractivity contribution in [3.63, 3.8) is 0 Å². The highest BCUT2D eigenvalue weighted by Gasteiger charge is 2.13. The van der Waals surface area contributed by atoms with Gasteiger partial charge in [0, 0.05) is 18.9 Å². The number of rotatable bonds is 29. The quantitative estimate of drug-likeness (QED) is 0.0369. The Balaban J connectivity index is 4.15. The van der Waals surface area contributed by atoms with Gasteiger partial charge in [0.1, 0.15) is 6.61 Å². The van der Waals surface area contributed by atoms with Crippen LogP contribution in [0.25, 0.3) is 0 Å². The number of unbranched alkanes of at least 4 members (excludes halogenated alkanes) is 5. The predicted molar refractivity (Wildman–Crippen MR) is 171 cm³/mol. The van der Waals surface area contributed by atoms with Crippen LogP contribution < -0.4 is 0 Å². The van der Waals surface area contributed by atoms with E-state index in [2.05, 4.69) is 56.9 Å². The highest BCUT2D eigenvalue weighted by Crippen LogP contribution is 2.11. The van der Waals surface area contributed by atoms with Gasteiger partial charge in [0.25, 0.3) is 0 Å². The number of ether oxygens (including phenoxy) is 5. The van der Waals surface area contributed by atoms with Crippen LogP contribution in [0.2, 0.25) is 0 Å². The molecule has 1 atom stereocenters. The molecule has 246 valence electrons. The van der Waals surface area contributed by atoms with Crippen molar-refractivity contribution in [3.8, 4) is 0 Å². The van der Waals surface area contributed by atoms with Crippen LogP contribution in [0.3, 0.4) is 0 Å². The van der Waals surface area contributed by atoms with Gasteiger partial charge >= 0.3 is 12.1 Å². The second-order valence-electron chi connectivity index (χ2n) is 10.8. The van der Waals surface area contributed by atoms with E-state index in [0.717, 1.165) is 64.6 Å². The number of esters is 1. The first-order chi connectivity index (χ1) is 20.5. The average Bonchev–Trinajstić information content (AvgIpc) is 2.99. The Morgan fingerprint density at radius 1 is 0.667 bits per heavy atom. The molecule has 0 fully saturated rings. The summed E-state index contributed by atoms with van der Waals surface area (Å²) in [6, 6.07) is 0. The summed E-state index contributed by atoms with van der Waals surface area (Å²) in [4.78, 5) is 26.3. The molecule has 0 radical (unpaired) electrons. The van der Waals surface area contributed by atoms with Crippen molar-refractivity contribution < 1.29 is 33.3 Å². The van der Waals surface area contributed by atoms with Crippen molar-refractivity contribution >= 4 is 12.1 Å². The Morgan fingerprint density at radius 3 is 1.81 bits per heavy atom. The van der Waals surface area contributed by atoms with E-state index in [4.69, 9.17) is 23.7 Å². The lowest BCUT2D eigenvalue weighted by molar-refractivity contribution is -0.148. The lowest BCUT2D eigenvalue weighted by atomic mass is 10.2. The molecule has 0 aliphatic carbocycles. The molecule has 0 spiro atoms. The summed E-state index contributed by atoms with van der Waals surface area (Å²) in [6.07, 6.45) is 20.1. The molecule has 0 saturated heterocycles. The van der Waals surface area contributed by atoms with Crippen molar-refractivity contribution in [3.05, 3.63) is 24.3 Å². The second-order valence-corrected chi connectivity index (χ2v) is 10.8. The largest absolute Gasteiger partial charge is 0.508 e. The van der Waals surface area contributed by atoms with E-state index in [1.165, 1.54) is 25.7 Å². The molecule has 0 amide bonds. The first-order valence-electron chi connectivity index (χ1n) is 16.7. The summed E-state index contributed by atoms with van der Waals surface area (Å²) < 4.78 is 27.7. The van der Waals surface area contributed by atoms with Gasteiger partial charge in [-0.15, -0.1) is 0 Å². The Bertz CT molecular complexity index is 655. The number of allylic oxidation sites excluding steroid dienone is 2. The van der Waals surface area contributed by atoms with Gasteiger partial charge in [-0.3, -0.25) is 4.79 Å². The fourth-order valence-electron chi connectivity index (χ4n) is 4.04. The summed E-state index contributed by atoms with van der Waals surface area (Å²) in [6.45, 7) is 15.3. The van der Waals surface area contributed by atoms with Crippen LogP contribution in [0.5, 0.6) is 0 Å². The number of hydrogen-bond donors (Lipinski definition) is 0. The maximum Gasteiger partial charge on any atom is 0.508 e. The van der Waals surface area contributed by atoms with E-state index in [0.29, 0.717) is 32.7 Å². The molecule has 0 saturated carbocycles. The molecule has 0 aromatic heterocycles. The lowest BCUT2D eigenvalue weighted by Gasteiger charge is -2.18. The maximum absolute atomic E-state index is 12.2. The molecule has 0 rings (SSSR count). The number of carbonyl (C=O) groups excluding carboxylic acids is 2. The summed E-state index contributed by atoms with van der Waals surface area (Å²) in [5.74, 6) is -0.343. The minimum atomic E-state index is -0.674.